The Labute approximate surface area is 138 Å². The SMILES string of the molecule is Cc1noc(C)c1S(=O)(=O)N(C)Cc1ccc(C(C)(C)C)cc1. The Morgan fingerprint density at radius 3 is 2.13 bits per heavy atom. The molecule has 126 valence electrons. The monoisotopic (exact) mass is 336 g/mol. The van der Waals surface area contributed by atoms with Crippen molar-refractivity contribution in [3.05, 3.63) is 46.8 Å². The molecule has 1 aromatic heterocycles. The minimum atomic E-state index is -3.62. The molecule has 0 aliphatic rings. The topological polar surface area (TPSA) is 63.4 Å². The summed E-state index contributed by atoms with van der Waals surface area (Å²) in [6.45, 7) is 9.99. The lowest BCUT2D eigenvalue weighted by atomic mass is 9.87. The van der Waals surface area contributed by atoms with Gasteiger partial charge in [-0.25, -0.2) is 8.42 Å². The number of nitrogens with zero attached hydrogens (tertiary/aromatic N) is 2. The fourth-order valence-corrected chi connectivity index (χ4v) is 3.89. The Hall–Kier alpha value is -1.66. The molecule has 0 fully saturated rings. The van der Waals surface area contributed by atoms with Crippen LogP contribution in [0.5, 0.6) is 0 Å². The van der Waals surface area contributed by atoms with E-state index in [0.717, 1.165) is 5.56 Å². The Balaban J connectivity index is 2.23. The van der Waals surface area contributed by atoms with E-state index >= 15 is 0 Å². The van der Waals surface area contributed by atoms with E-state index in [2.05, 4.69) is 25.9 Å². The molecule has 6 heteroatoms. The normalized spacial score (nSPS) is 12.8. The van der Waals surface area contributed by atoms with Crippen LogP contribution in [0.4, 0.5) is 0 Å². The molecule has 23 heavy (non-hydrogen) atoms. The fourth-order valence-electron chi connectivity index (χ4n) is 2.45. The summed E-state index contributed by atoms with van der Waals surface area (Å²) in [5, 5.41) is 3.73. The summed E-state index contributed by atoms with van der Waals surface area (Å²) >= 11 is 0. The van der Waals surface area contributed by atoms with Gasteiger partial charge in [-0.2, -0.15) is 4.31 Å². The van der Waals surface area contributed by atoms with Gasteiger partial charge >= 0.3 is 0 Å². The summed E-state index contributed by atoms with van der Waals surface area (Å²) in [5.41, 5.74) is 2.62. The molecule has 0 saturated carbocycles. The van der Waals surface area contributed by atoms with Crippen LogP contribution >= 0.6 is 0 Å². The smallest absolute Gasteiger partial charge is 0.248 e. The van der Waals surface area contributed by atoms with Gasteiger partial charge < -0.3 is 4.52 Å². The lowest BCUT2D eigenvalue weighted by molar-refractivity contribution is 0.389. The zero-order valence-corrected chi connectivity index (χ0v) is 15.4. The van der Waals surface area contributed by atoms with Crippen LogP contribution < -0.4 is 0 Å². The summed E-state index contributed by atoms with van der Waals surface area (Å²) in [5.74, 6) is 0.317. The molecule has 5 nitrogen and oxygen atoms in total. The maximum absolute atomic E-state index is 12.7. The number of aryl methyl sites for hydroxylation is 2. The predicted octanol–water partition coefficient (Wildman–Crippen LogP) is 3.41. The minimum Gasteiger partial charge on any atom is -0.360 e. The third kappa shape index (κ3) is 3.64. The van der Waals surface area contributed by atoms with E-state index in [4.69, 9.17) is 4.52 Å². The van der Waals surface area contributed by atoms with Crippen molar-refractivity contribution in [2.75, 3.05) is 7.05 Å². The first-order valence-corrected chi connectivity index (χ1v) is 8.96. The van der Waals surface area contributed by atoms with E-state index in [-0.39, 0.29) is 10.3 Å². The molecule has 0 aliphatic carbocycles. The van der Waals surface area contributed by atoms with Crippen LogP contribution in [0.25, 0.3) is 0 Å². The Morgan fingerprint density at radius 2 is 1.70 bits per heavy atom. The highest BCUT2D eigenvalue weighted by atomic mass is 32.2. The second-order valence-electron chi connectivity index (χ2n) is 6.86. The van der Waals surface area contributed by atoms with Gasteiger partial charge in [0.1, 0.15) is 10.6 Å². The summed E-state index contributed by atoms with van der Waals surface area (Å²) in [4.78, 5) is 0.159. The van der Waals surface area contributed by atoms with E-state index < -0.39 is 10.0 Å². The zero-order valence-electron chi connectivity index (χ0n) is 14.5. The lowest BCUT2D eigenvalue weighted by Gasteiger charge is -2.20. The van der Waals surface area contributed by atoms with Crippen molar-refractivity contribution in [3.8, 4) is 0 Å². The maximum Gasteiger partial charge on any atom is 0.248 e. The maximum atomic E-state index is 12.7. The Morgan fingerprint density at radius 1 is 1.13 bits per heavy atom. The van der Waals surface area contributed by atoms with Gasteiger partial charge in [-0.05, 0) is 30.4 Å². The molecule has 2 aromatic rings. The Bertz CT molecular complexity index is 765. The average Bonchev–Trinajstić information content (AvgIpc) is 2.78. The van der Waals surface area contributed by atoms with Crippen LogP contribution in [0, 0.1) is 13.8 Å². The molecule has 0 atom stereocenters. The highest BCUT2D eigenvalue weighted by Gasteiger charge is 2.28. The van der Waals surface area contributed by atoms with Crippen LogP contribution in [0.3, 0.4) is 0 Å². The van der Waals surface area contributed by atoms with E-state index in [1.54, 1.807) is 20.9 Å². The summed E-state index contributed by atoms with van der Waals surface area (Å²) < 4.78 is 31.7. The predicted molar refractivity (Wildman–Crippen MR) is 89.8 cm³/mol. The molecule has 0 radical (unpaired) electrons. The van der Waals surface area contributed by atoms with Gasteiger partial charge in [-0.15, -0.1) is 0 Å². The van der Waals surface area contributed by atoms with Crippen LogP contribution in [0.2, 0.25) is 0 Å². The number of aromatic nitrogens is 1. The standard InChI is InChI=1S/C17H24N2O3S/c1-12-16(13(2)22-18-12)23(20,21)19(6)11-14-7-9-15(10-8-14)17(3,4)5/h7-10H,11H2,1-6H3. The van der Waals surface area contributed by atoms with E-state index in [1.165, 1.54) is 9.87 Å². The lowest BCUT2D eigenvalue weighted by Crippen LogP contribution is -2.27. The number of rotatable bonds is 4. The van der Waals surface area contributed by atoms with Crippen LogP contribution in [-0.4, -0.2) is 24.9 Å². The molecule has 0 amide bonds. The number of benzene rings is 1. The van der Waals surface area contributed by atoms with Crippen LogP contribution in [-0.2, 0) is 22.0 Å². The van der Waals surface area contributed by atoms with Gasteiger partial charge in [0, 0.05) is 13.6 Å². The third-order valence-electron chi connectivity index (χ3n) is 3.86. The average molecular weight is 336 g/mol. The Kier molecular flexibility index (Phi) is 4.69. The van der Waals surface area contributed by atoms with Gasteiger partial charge in [0.2, 0.25) is 10.0 Å². The molecule has 0 spiro atoms. The third-order valence-corrected chi connectivity index (χ3v) is 5.91. The summed E-state index contributed by atoms with van der Waals surface area (Å²) in [6.07, 6.45) is 0. The summed E-state index contributed by atoms with van der Waals surface area (Å²) in [7, 11) is -2.05. The minimum absolute atomic E-state index is 0.0766. The fraction of sp³-hybridized carbons (Fsp3) is 0.471. The quantitative estimate of drug-likeness (QED) is 0.858. The highest BCUT2D eigenvalue weighted by molar-refractivity contribution is 7.89. The molecule has 0 bridgehead atoms. The molecule has 0 saturated heterocycles. The number of sulfonamides is 1. The first kappa shape index (κ1) is 17.7. The highest BCUT2D eigenvalue weighted by Crippen LogP contribution is 2.25. The van der Waals surface area contributed by atoms with E-state index in [0.29, 0.717) is 18.0 Å². The van der Waals surface area contributed by atoms with Crippen LogP contribution in [0.15, 0.2) is 33.7 Å². The number of hydrogen-bond acceptors (Lipinski definition) is 4. The molecule has 1 aromatic carbocycles. The summed E-state index contributed by atoms with van der Waals surface area (Å²) in [6, 6.07) is 8.04. The first-order valence-electron chi connectivity index (χ1n) is 7.52. The van der Waals surface area contributed by atoms with Crippen molar-refractivity contribution < 1.29 is 12.9 Å². The largest absolute Gasteiger partial charge is 0.360 e. The van der Waals surface area contributed by atoms with Crippen molar-refractivity contribution in [2.45, 2.75) is 51.5 Å². The van der Waals surface area contributed by atoms with Gasteiger partial charge in [-0.1, -0.05) is 50.2 Å². The van der Waals surface area contributed by atoms with Gasteiger partial charge in [0.25, 0.3) is 0 Å². The van der Waals surface area contributed by atoms with Gasteiger partial charge in [-0.3, -0.25) is 0 Å². The van der Waals surface area contributed by atoms with Crippen molar-refractivity contribution >= 4 is 10.0 Å². The molecule has 0 unspecified atom stereocenters. The first-order chi connectivity index (χ1) is 10.5. The molecular weight excluding hydrogens is 312 g/mol. The van der Waals surface area contributed by atoms with Gasteiger partial charge in [0.15, 0.2) is 5.76 Å². The molecule has 0 aliphatic heterocycles. The molecule has 2 rings (SSSR count). The molecule has 0 N–H and O–H groups in total. The second kappa shape index (κ2) is 6.09. The van der Waals surface area contributed by atoms with E-state index in [9.17, 15) is 8.42 Å². The molecular formula is C17H24N2O3S. The van der Waals surface area contributed by atoms with Crippen molar-refractivity contribution in [1.29, 1.82) is 0 Å². The second-order valence-corrected chi connectivity index (χ2v) is 8.84. The van der Waals surface area contributed by atoms with Crippen LogP contribution in [0.1, 0.15) is 43.4 Å². The van der Waals surface area contributed by atoms with Crippen molar-refractivity contribution in [1.82, 2.24) is 9.46 Å². The van der Waals surface area contributed by atoms with Gasteiger partial charge in [0.05, 0.1) is 0 Å². The zero-order chi connectivity index (χ0) is 17.4. The van der Waals surface area contributed by atoms with Crippen molar-refractivity contribution in [3.63, 3.8) is 0 Å². The van der Waals surface area contributed by atoms with E-state index in [1.807, 2.05) is 24.3 Å². The van der Waals surface area contributed by atoms with Crippen molar-refractivity contribution in [2.24, 2.45) is 0 Å². The molecule has 1 heterocycles. The number of hydrogen-bond donors (Lipinski definition) is 0.